The van der Waals surface area contributed by atoms with Crippen LogP contribution in [0.15, 0.2) is 24.3 Å². The van der Waals surface area contributed by atoms with Crippen molar-refractivity contribution in [3.63, 3.8) is 0 Å². The van der Waals surface area contributed by atoms with Crippen LogP contribution in [0.25, 0.3) is 0 Å². The molecule has 0 saturated carbocycles. The Hall–Kier alpha value is -0.520. The molecule has 0 bridgehead atoms. The van der Waals surface area contributed by atoms with Gasteiger partial charge in [-0.3, -0.25) is 0 Å². The number of rotatable bonds is 4. The highest BCUT2D eigenvalue weighted by Gasteiger charge is 2.10. The lowest BCUT2D eigenvalue weighted by atomic mass is 9.88. The fourth-order valence-electron chi connectivity index (χ4n) is 0.943. The summed E-state index contributed by atoms with van der Waals surface area (Å²) in [6.45, 7) is 11.0. The van der Waals surface area contributed by atoms with Crippen molar-refractivity contribution in [1.29, 1.82) is 0 Å². The molecule has 0 aliphatic carbocycles. The van der Waals surface area contributed by atoms with Crippen LogP contribution in [0.4, 0.5) is 0 Å². The highest BCUT2D eigenvalue weighted by atomic mass is 14.2. The topological polar surface area (TPSA) is 0 Å². The minimum Gasteiger partial charge on any atom is -0.0916 e. The van der Waals surface area contributed by atoms with Crippen molar-refractivity contribution in [3.8, 4) is 0 Å². The fraction of sp³-hybridized carbons (Fsp3) is 0.667. The maximum Gasteiger partial charge on any atom is -0.0140 e. The molecule has 0 nitrogen and oxygen atoms in total. The van der Waals surface area contributed by atoms with Crippen LogP contribution in [0.1, 0.15) is 41.0 Å². The van der Waals surface area contributed by atoms with E-state index in [9.17, 15) is 0 Å². The predicted molar refractivity (Wildman–Crippen MR) is 57.2 cm³/mol. The molecule has 12 heavy (non-hydrogen) atoms. The van der Waals surface area contributed by atoms with Crippen LogP contribution in [0.2, 0.25) is 0 Å². The van der Waals surface area contributed by atoms with Crippen LogP contribution >= 0.6 is 0 Å². The second-order valence-corrected chi connectivity index (χ2v) is 4.36. The average molecular weight is 166 g/mol. The lowest BCUT2D eigenvalue weighted by Gasteiger charge is -2.18. The average Bonchev–Trinajstić information content (AvgIpc) is 1.98. The zero-order valence-electron chi connectivity index (χ0n) is 9.09. The minimum atomic E-state index is 0.316. The Bertz CT molecular complexity index is 159. The molecule has 0 N–H and O–H groups in total. The van der Waals surface area contributed by atoms with Gasteiger partial charge in [0.2, 0.25) is 0 Å². The van der Waals surface area contributed by atoms with Gasteiger partial charge in [0.25, 0.3) is 0 Å². The molecule has 0 aliphatic heterocycles. The summed E-state index contributed by atoms with van der Waals surface area (Å²) in [4.78, 5) is 0. The van der Waals surface area contributed by atoms with E-state index in [1.165, 1.54) is 0 Å². The van der Waals surface area contributed by atoms with E-state index in [4.69, 9.17) is 0 Å². The Labute approximate surface area is 77.4 Å². The molecule has 0 saturated heterocycles. The summed E-state index contributed by atoms with van der Waals surface area (Å²) in [6.07, 6.45) is 10.1. The zero-order chi connectivity index (χ0) is 9.61. The molecule has 0 spiro atoms. The SMILES string of the molecule is C/C=C/CC(C)(C)/C=C/C(C)C. The van der Waals surface area contributed by atoms with Gasteiger partial charge in [0.05, 0.1) is 0 Å². The predicted octanol–water partition coefficient (Wildman–Crippen LogP) is 4.19. The highest BCUT2D eigenvalue weighted by Crippen LogP contribution is 2.23. The Morgan fingerprint density at radius 1 is 1.25 bits per heavy atom. The van der Waals surface area contributed by atoms with E-state index < -0.39 is 0 Å². The first kappa shape index (κ1) is 11.5. The van der Waals surface area contributed by atoms with Gasteiger partial charge in [0, 0.05) is 0 Å². The quantitative estimate of drug-likeness (QED) is 0.549. The van der Waals surface area contributed by atoms with Crippen molar-refractivity contribution >= 4 is 0 Å². The van der Waals surface area contributed by atoms with Gasteiger partial charge in [-0.15, -0.1) is 0 Å². The molecule has 0 heteroatoms. The molecule has 0 aliphatic rings. The van der Waals surface area contributed by atoms with Gasteiger partial charge >= 0.3 is 0 Å². The zero-order valence-corrected chi connectivity index (χ0v) is 9.09. The minimum absolute atomic E-state index is 0.316. The van der Waals surface area contributed by atoms with Crippen LogP contribution in [0.5, 0.6) is 0 Å². The van der Waals surface area contributed by atoms with Gasteiger partial charge in [-0.2, -0.15) is 0 Å². The number of hydrogen-bond acceptors (Lipinski definition) is 0. The van der Waals surface area contributed by atoms with Crippen molar-refractivity contribution in [2.24, 2.45) is 11.3 Å². The Morgan fingerprint density at radius 3 is 2.25 bits per heavy atom. The summed E-state index contributed by atoms with van der Waals surface area (Å²) in [6, 6.07) is 0. The molecular weight excluding hydrogens is 144 g/mol. The van der Waals surface area contributed by atoms with Gasteiger partial charge in [-0.1, -0.05) is 52.0 Å². The third-order valence-corrected chi connectivity index (χ3v) is 1.81. The largest absolute Gasteiger partial charge is 0.0916 e. The van der Waals surface area contributed by atoms with Crippen molar-refractivity contribution in [2.75, 3.05) is 0 Å². The van der Waals surface area contributed by atoms with E-state index >= 15 is 0 Å². The Morgan fingerprint density at radius 2 is 1.83 bits per heavy atom. The lowest BCUT2D eigenvalue weighted by molar-refractivity contribution is 0.484. The summed E-state index contributed by atoms with van der Waals surface area (Å²) < 4.78 is 0. The Balaban J connectivity index is 4.02. The maximum atomic E-state index is 2.32. The molecule has 0 aromatic rings. The van der Waals surface area contributed by atoms with E-state index in [1.807, 2.05) is 0 Å². The van der Waals surface area contributed by atoms with E-state index in [1.54, 1.807) is 0 Å². The van der Waals surface area contributed by atoms with Crippen molar-refractivity contribution in [1.82, 2.24) is 0 Å². The number of allylic oxidation sites excluding steroid dienone is 4. The van der Waals surface area contributed by atoms with Gasteiger partial charge in [-0.25, -0.2) is 0 Å². The first-order valence-electron chi connectivity index (χ1n) is 4.78. The first-order chi connectivity index (χ1) is 5.48. The van der Waals surface area contributed by atoms with Crippen LogP contribution in [-0.2, 0) is 0 Å². The monoisotopic (exact) mass is 166 g/mol. The summed E-state index contributed by atoms with van der Waals surface area (Å²) >= 11 is 0. The smallest absolute Gasteiger partial charge is 0.0140 e. The summed E-state index contributed by atoms with van der Waals surface area (Å²) in [5.74, 6) is 0.662. The third kappa shape index (κ3) is 6.21. The summed E-state index contributed by atoms with van der Waals surface area (Å²) in [7, 11) is 0. The van der Waals surface area contributed by atoms with Gasteiger partial charge < -0.3 is 0 Å². The second kappa shape index (κ2) is 5.18. The standard InChI is InChI=1S/C12H22/c1-6-7-9-12(4,5)10-8-11(2)3/h6-8,10-11H,9H2,1-5H3/b7-6+,10-8+. The van der Waals surface area contributed by atoms with Crippen LogP contribution in [0, 0.1) is 11.3 Å². The van der Waals surface area contributed by atoms with Crippen molar-refractivity contribution < 1.29 is 0 Å². The molecule has 0 aromatic carbocycles. The summed E-state index contributed by atoms with van der Waals surface area (Å²) in [5.41, 5.74) is 0.316. The molecule has 0 aromatic heterocycles. The van der Waals surface area contributed by atoms with Gasteiger partial charge in [-0.05, 0) is 24.7 Å². The molecule has 0 unspecified atom stereocenters. The van der Waals surface area contributed by atoms with E-state index in [0.717, 1.165) is 6.42 Å². The van der Waals surface area contributed by atoms with Crippen molar-refractivity contribution in [2.45, 2.75) is 41.0 Å². The molecular formula is C12H22. The van der Waals surface area contributed by atoms with Gasteiger partial charge in [0.15, 0.2) is 0 Å². The first-order valence-corrected chi connectivity index (χ1v) is 4.78. The normalized spacial score (nSPS) is 13.8. The molecule has 0 fully saturated rings. The molecule has 0 atom stereocenters. The molecule has 0 amide bonds. The van der Waals surface area contributed by atoms with Crippen LogP contribution in [-0.4, -0.2) is 0 Å². The fourth-order valence-corrected chi connectivity index (χ4v) is 0.943. The molecule has 0 rings (SSSR count). The molecule has 0 heterocycles. The van der Waals surface area contributed by atoms with E-state index in [0.29, 0.717) is 11.3 Å². The Kier molecular flexibility index (Phi) is 4.96. The van der Waals surface area contributed by atoms with Crippen LogP contribution in [0.3, 0.4) is 0 Å². The van der Waals surface area contributed by atoms with Crippen molar-refractivity contribution in [3.05, 3.63) is 24.3 Å². The highest BCUT2D eigenvalue weighted by molar-refractivity contribution is 5.00. The molecule has 70 valence electrons. The van der Waals surface area contributed by atoms with Crippen LogP contribution < -0.4 is 0 Å². The van der Waals surface area contributed by atoms with E-state index in [2.05, 4.69) is 58.9 Å². The van der Waals surface area contributed by atoms with Gasteiger partial charge in [0.1, 0.15) is 0 Å². The van der Waals surface area contributed by atoms with E-state index in [-0.39, 0.29) is 0 Å². The second-order valence-electron chi connectivity index (χ2n) is 4.36. The number of hydrogen-bond donors (Lipinski definition) is 0. The molecule has 0 radical (unpaired) electrons. The third-order valence-electron chi connectivity index (χ3n) is 1.81. The maximum absolute atomic E-state index is 2.32. The summed E-state index contributed by atoms with van der Waals surface area (Å²) in [5, 5.41) is 0. The lowest BCUT2D eigenvalue weighted by Crippen LogP contribution is -2.05.